The molecule has 0 spiro atoms. The van der Waals surface area contributed by atoms with Crippen molar-refractivity contribution in [3.8, 4) is 0 Å². The fourth-order valence-corrected chi connectivity index (χ4v) is 1.45. The van der Waals surface area contributed by atoms with Gasteiger partial charge >= 0.3 is 0 Å². The highest BCUT2D eigenvalue weighted by molar-refractivity contribution is 5.54. The third-order valence-electron chi connectivity index (χ3n) is 2.40. The van der Waals surface area contributed by atoms with Crippen LogP contribution in [0.1, 0.15) is 31.2 Å². The Balaban J connectivity index is 2.36. The molecule has 0 aliphatic carbocycles. The second-order valence-electron chi connectivity index (χ2n) is 4.02. The third kappa shape index (κ3) is 4.56. The Bertz CT molecular complexity index is 355. The number of anilines is 2. The van der Waals surface area contributed by atoms with E-state index >= 15 is 0 Å². The number of nitrogen functional groups attached to an aromatic ring is 1. The highest BCUT2D eigenvalue weighted by Gasteiger charge is 2.05. The molecule has 96 valence electrons. The van der Waals surface area contributed by atoms with Crippen LogP contribution in [0.25, 0.3) is 0 Å². The molecule has 0 bridgehead atoms. The summed E-state index contributed by atoms with van der Waals surface area (Å²) >= 11 is 0. The molecule has 5 heteroatoms. The van der Waals surface area contributed by atoms with Gasteiger partial charge < -0.3 is 15.8 Å². The van der Waals surface area contributed by atoms with E-state index in [2.05, 4.69) is 22.2 Å². The van der Waals surface area contributed by atoms with Crippen LogP contribution in [0.2, 0.25) is 0 Å². The average Bonchev–Trinajstić information content (AvgIpc) is 2.29. The summed E-state index contributed by atoms with van der Waals surface area (Å²) in [6.45, 7) is 8.31. The third-order valence-corrected chi connectivity index (χ3v) is 2.40. The molecule has 0 aliphatic rings. The number of aromatic nitrogens is 2. The fourth-order valence-electron chi connectivity index (χ4n) is 1.45. The van der Waals surface area contributed by atoms with E-state index in [1.54, 1.807) is 0 Å². The van der Waals surface area contributed by atoms with Crippen molar-refractivity contribution in [2.24, 2.45) is 0 Å². The maximum Gasteiger partial charge on any atom is 0.134 e. The summed E-state index contributed by atoms with van der Waals surface area (Å²) in [6.07, 6.45) is 2.02. The van der Waals surface area contributed by atoms with Gasteiger partial charge in [-0.3, -0.25) is 0 Å². The second-order valence-corrected chi connectivity index (χ2v) is 4.02. The van der Waals surface area contributed by atoms with Crippen LogP contribution >= 0.6 is 0 Å². The molecule has 3 N–H and O–H groups in total. The van der Waals surface area contributed by atoms with Gasteiger partial charge in [-0.25, -0.2) is 9.97 Å². The average molecular weight is 238 g/mol. The SMILES string of the molecule is CCCOCCCNc1nc(C)nc(N)c1C. The maximum absolute atomic E-state index is 5.78. The highest BCUT2D eigenvalue weighted by atomic mass is 16.5. The molecular weight excluding hydrogens is 216 g/mol. The van der Waals surface area contributed by atoms with E-state index in [9.17, 15) is 0 Å². The number of hydrogen-bond acceptors (Lipinski definition) is 5. The normalized spacial score (nSPS) is 10.5. The topological polar surface area (TPSA) is 73.1 Å². The van der Waals surface area contributed by atoms with Gasteiger partial charge in [0.05, 0.1) is 0 Å². The Labute approximate surface area is 103 Å². The van der Waals surface area contributed by atoms with Gasteiger partial charge in [0.15, 0.2) is 0 Å². The molecule has 0 saturated carbocycles. The molecule has 0 unspecified atom stereocenters. The Morgan fingerprint density at radius 3 is 2.71 bits per heavy atom. The lowest BCUT2D eigenvalue weighted by atomic mass is 10.3. The van der Waals surface area contributed by atoms with Crippen LogP contribution in [0.3, 0.4) is 0 Å². The van der Waals surface area contributed by atoms with Crippen LogP contribution in [0.4, 0.5) is 11.6 Å². The molecule has 1 heterocycles. The van der Waals surface area contributed by atoms with E-state index in [0.29, 0.717) is 11.6 Å². The number of rotatable bonds is 7. The van der Waals surface area contributed by atoms with Gasteiger partial charge in [0, 0.05) is 25.3 Å². The van der Waals surface area contributed by atoms with Gasteiger partial charge in [-0.15, -0.1) is 0 Å². The summed E-state index contributed by atoms with van der Waals surface area (Å²) in [7, 11) is 0. The summed E-state index contributed by atoms with van der Waals surface area (Å²) in [6, 6.07) is 0. The van der Waals surface area contributed by atoms with Gasteiger partial charge in [0.25, 0.3) is 0 Å². The first-order chi connectivity index (χ1) is 8.15. The molecule has 0 atom stereocenters. The van der Waals surface area contributed by atoms with Crippen molar-refractivity contribution in [3.05, 3.63) is 11.4 Å². The Morgan fingerprint density at radius 1 is 1.24 bits per heavy atom. The molecule has 5 nitrogen and oxygen atoms in total. The van der Waals surface area contributed by atoms with Crippen molar-refractivity contribution in [2.75, 3.05) is 30.8 Å². The molecule has 0 saturated heterocycles. The van der Waals surface area contributed by atoms with Crippen molar-refractivity contribution >= 4 is 11.6 Å². The molecule has 1 rings (SSSR count). The van der Waals surface area contributed by atoms with Crippen LogP contribution < -0.4 is 11.1 Å². The molecule has 0 radical (unpaired) electrons. The fraction of sp³-hybridized carbons (Fsp3) is 0.667. The lowest BCUT2D eigenvalue weighted by Crippen LogP contribution is -2.11. The first kappa shape index (κ1) is 13.7. The quantitative estimate of drug-likeness (QED) is 0.710. The predicted molar refractivity (Wildman–Crippen MR) is 70.1 cm³/mol. The number of nitrogens with zero attached hydrogens (tertiary/aromatic N) is 2. The number of nitrogens with one attached hydrogen (secondary N) is 1. The zero-order valence-electron chi connectivity index (χ0n) is 10.9. The first-order valence-electron chi connectivity index (χ1n) is 6.07. The minimum absolute atomic E-state index is 0.544. The van der Waals surface area contributed by atoms with Crippen molar-refractivity contribution < 1.29 is 4.74 Å². The molecule has 0 fully saturated rings. The van der Waals surface area contributed by atoms with Gasteiger partial charge in [-0.05, 0) is 26.7 Å². The van der Waals surface area contributed by atoms with Crippen LogP contribution in [0, 0.1) is 13.8 Å². The zero-order chi connectivity index (χ0) is 12.7. The predicted octanol–water partition coefficient (Wildman–Crippen LogP) is 1.90. The first-order valence-corrected chi connectivity index (χ1v) is 6.07. The Morgan fingerprint density at radius 2 is 2.00 bits per heavy atom. The van der Waals surface area contributed by atoms with Crippen molar-refractivity contribution in [3.63, 3.8) is 0 Å². The van der Waals surface area contributed by atoms with E-state index in [4.69, 9.17) is 10.5 Å². The van der Waals surface area contributed by atoms with Crippen molar-refractivity contribution in [2.45, 2.75) is 33.6 Å². The summed E-state index contributed by atoms with van der Waals surface area (Å²) in [5, 5.41) is 3.26. The minimum atomic E-state index is 0.544. The lowest BCUT2D eigenvalue weighted by molar-refractivity contribution is 0.134. The maximum atomic E-state index is 5.78. The second kappa shape index (κ2) is 7.06. The molecule has 0 aromatic carbocycles. The van der Waals surface area contributed by atoms with Gasteiger partial charge in [-0.2, -0.15) is 0 Å². The summed E-state index contributed by atoms with van der Waals surface area (Å²) in [5.74, 6) is 2.06. The Kier molecular flexibility index (Phi) is 5.69. The zero-order valence-corrected chi connectivity index (χ0v) is 10.9. The van der Waals surface area contributed by atoms with Crippen LogP contribution in [-0.4, -0.2) is 29.7 Å². The van der Waals surface area contributed by atoms with Gasteiger partial charge in [-0.1, -0.05) is 6.92 Å². The lowest BCUT2D eigenvalue weighted by Gasteiger charge is -2.10. The van der Waals surface area contributed by atoms with Crippen molar-refractivity contribution in [1.82, 2.24) is 9.97 Å². The van der Waals surface area contributed by atoms with Gasteiger partial charge in [0.1, 0.15) is 17.5 Å². The molecule has 1 aromatic rings. The monoisotopic (exact) mass is 238 g/mol. The van der Waals surface area contributed by atoms with E-state index in [0.717, 1.165) is 44.0 Å². The summed E-state index contributed by atoms with van der Waals surface area (Å²) < 4.78 is 5.40. The minimum Gasteiger partial charge on any atom is -0.383 e. The van der Waals surface area contributed by atoms with Crippen molar-refractivity contribution in [1.29, 1.82) is 0 Å². The number of ether oxygens (including phenoxy) is 1. The van der Waals surface area contributed by atoms with E-state index in [-0.39, 0.29) is 0 Å². The van der Waals surface area contributed by atoms with Crippen LogP contribution in [-0.2, 0) is 4.74 Å². The summed E-state index contributed by atoms with van der Waals surface area (Å²) in [5.41, 5.74) is 6.68. The van der Waals surface area contributed by atoms with Crippen LogP contribution in [0.15, 0.2) is 0 Å². The van der Waals surface area contributed by atoms with Gasteiger partial charge in [0.2, 0.25) is 0 Å². The number of nitrogens with two attached hydrogens (primary N) is 1. The number of aryl methyl sites for hydroxylation is 1. The highest BCUT2D eigenvalue weighted by Crippen LogP contribution is 2.16. The number of hydrogen-bond donors (Lipinski definition) is 2. The van der Waals surface area contributed by atoms with E-state index in [1.807, 2.05) is 13.8 Å². The molecule has 0 aliphatic heterocycles. The molecule has 1 aromatic heterocycles. The van der Waals surface area contributed by atoms with E-state index < -0.39 is 0 Å². The Hall–Kier alpha value is -1.36. The van der Waals surface area contributed by atoms with E-state index in [1.165, 1.54) is 0 Å². The molecule has 0 amide bonds. The largest absolute Gasteiger partial charge is 0.383 e. The summed E-state index contributed by atoms with van der Waals surface area (Å²) in [4.78, 5) is 8.43. The van der Waals surface area contributed by atoms with Crippen LogP contribution in [0.5, 0.6) is 0 Å². The smallest absolute Gasteiger partial charge is 0.134 e. The molecule has 17 heavy (non-hydrogen) atoms. The standard InChI is InChI=1S/C12H22N4O/c1-4-7-17-8-5-6-14-12-9(2)11(13)15-10(3)16-12/h4-8H2,1-3H3,(H3,13,14,15,16). The molecular formula is C12H22N4O.